The Morgan fingerprint density at radius 3 is 2.56 bits per heavy atom. The second-order valence-corrected chi connectivity index (χ2v) is 3.79. The molecule has 90 valence electrons. The molecule has 0 aliphatic carbocycles. The van der Waals surface area contributed by atoms with Crippen molar-refractivity contribution in [1.29, 1.82) is 0 Å². The first kappa shape index (κ1) is 13.3. The molecule has 0 unspecified atom stereocenters. The van der Waals surface area contributed by atoms with Crippen molar-refractivity contribution in [3.8, 4) is 11.6 Å². The van der Waals surface area contributed by atoms with Gasteiger partial charge in [-0.1, -0.05) is 0 Å². The minimum absolute atomic E-state index is 0.0952. The van der Waals surface area contributed by atoms with E-state index in [2.05, 4.69) is 9.72 Å². The lowest BCUT2D eigenvalue weighted by Crippen LogP contribution is -2.19. The fourth-order valence-corrected chi connectivity index (χ4v) is 1.61. The SMILES string of the molecule is COc1ncc(I)c(OC(F)(F)F)c1CO. The lowest BCUT2D eigenvalue weighted by molar-refractivity contribution is -0.275. The largest absolute Gasteiger partial charge is 0.573 e. The van der Waals surface area contributed by atoms with Gasteiger partial charge in [0.05, 0.1) is 22.9 Å². The Morgan fingerprint density at radius 2 is 2.12 bits per heavy atom. The summed E-state index contributed by atoms with van der Waals surface area (Å²) in [5.41, 5.74) is -0.133. The van der Waals surface area contributed by atoms with Crippen molar-refractivity contribution in [2.24, 2.45) is 0 Å². The first-order chi connectivity index (χ1) is 7.39. The maximum atomic E-state index is 12.1. The fraction of sp³-hybridized carbons (Fsp3) is 0.375. The summed E-state index contributed by atoms with van der Waals surface area (Å²) in [5, 5.41) is 8.98. The van der Waals surface area contributed by atoms with Gasteiger partial charge < -0.3 is 14.6 Å². The number of halogens is 4. The first-order valence-corrected chi connectivity index (χ1v) is 5.05. The second-order valence-electron chi connectivity index (χ2n) is 2.63. The zero-order valence-electron chi connectivity index (χ0n) is 8.01. The number of aliphatic hydroxyl groups excluding tert-OH is 1. The van der Waals surface area contributed by atoms with Gasteiger partial charge in [-0.25, -0.2) is 4.98 Å². The molecule has 4 nitrogen and oxygen atoms in total. The van der Waals surface area contributed by atoms with Crippen molar-refractivity contribution in [3.05, 3.63) is 15.3 Å². The second kappa shape index (κ2) is 5.04. The molecule has 1 aromatic rings. The fourth-order valence-electron chi connectivity index (χ4n) is 1.03. The van der Waals surface area contributed by atoms with Crippen LogP contribution in [0.5, 0.6) is 11.6 Å². The maximum Gasteiger partial charge on any atom is 0.573 e. The van der Waals surface area contributed by atoms with Gasteiger partial charge in [0, 0.05) is 6.20 Å². The van der Waals surface area contributed by atoms with E-state index in [-0.39, 0.29) is 15.0 Å². The molecule has 0 fully saturated rings. The number of alkyl halides is 3. The predicted octanol–water partition coefficient (Wildman–Crippen LogP) is 2.09. The number of rotatable bonds is 3. The monoisotopic (exact) mass is 349 g/mol. The van der Waals surface area contributed by atoms with E-state index < -0.39 is 18.7 Å². The molecule has 0 radical (unpaired) electrons. The third-order valence-electron chi connectivity index (χ3n) is 1.61. The molecule has 0 aliphatic rings. The zero-order chi connectivity index (χ0) is 12.3. The topological polar surface area (TPSA) is 51.6 Å². The van der Waals surface area contributed by atoms with Crippen molar-refractivity contribution in [3.63, 3.8) is 0 Å². The molecule has 1 heterocycles. The van der Waals surface area contributed by atoms with Crippen molar-refractivity contribution >= 4 is 22.6 Å². The van der Waals surface area contributed by atoms with Gasteiger partial charge in [-0.3, -0.25) is 0 Å². The minimum atomic E-state index is -4.82. The van der Waals surface area contributed by atoms with E-state index in [1.165, 1.54) is 13.3 Å². The van der Waals surface area contributed by atoms with Gasteiger partial charge in [0.2, 0.25) is 5.88 Å². The Balaban J connectivity index is 3.23. The summed E-state index contributed by atoms with van der Waals surface area (Å²) >= 11 is 1.63. The van der Waals surface area contributed by atoms with Crippen LogP contribution in [0.3, 0.4) is 0 Å². The molecule has 16 heavy (non-hydrogen) atoms. The van der Waals surface area contributed by atoms with Crippen LogP contribution < -0.4 is 9.47 Å². The van der Waals surface area contributed by atoms with E-state index in [9.17, 15) is 13.2 Å². The number of hydrogen-bond acceptors (Lipinski definition) is 4. The minimum Gasteiger partial charge on any atom is -0.481 e. The molecule has 1 N–H and O–H groups in total. The van der Waals surface area contributed by atoms with Crippen LogP contribution in [-0.2, 0) is 6.61 Å². The number of aromatic nitrogens is 1. The van der Waals surface area contributed by atoms with Crippen LogP contribution in [0.4, 0.5) is 13.2 Å². The van der Waals surface area contributed by atoms with E-state index in [1.54, 1.807) is 22.6 Å². The van der Waals surface area contributed by atoms with E-state index in [1.807, 2.05) is 0 Å². The molecular formula is C8H7F3INO3. The number of methoxy groups -OCH3 is 1. The molecular weight excluding hydrogens is 342 g/mol. The summed E-state index contributed by atoms with van der Waals surface area (Å²) in [6.07, 6.45) is -3.66. The summed E-state index contributed by atoms with van der Waals surface area (Å²) in [7, 11) is 1.24. The average molecular weight is 349 g/mol. The van der Waals surface area contributed by atoms with Gasteiger partial charge in [-0.2, -0.15) is 0 Å². The predicted molar refractivity (Wildman–Crippen MR) is 56.1 cm³/mol. The summed E-state index contributed by atoms with van der Waals surface area (Å²) in [6, 6.07) is 0. The lowest BCUT2D eigenvalue weighted by Gasteiger charge is -2.15. The van der Waals surface area contributed by atoms with Crippen molar-refractivity contribution in [1.82, 2.24) is 4.98 Å². The number of aliphatic hydroxyl groups is 1. The first-order valence-electron chi connectivity index (χ1n) is 3.97. The highest BCUT2D eigenvalue weighted by atomic mass is 127. The van der Waals surface area contributed by atoms with Crippen LogP contribution in [0.15, 0.2) is 6.20 Å². The van der Waals surface area contributed by atoms with Crippen LogP contribution in [0.25, 0.3) is 0 Å². The van der Waals surface area contributed by atoms with Crippen LogP contribution in [-0.4, -0.2) is 23.6 Å². The van der Waals surface area contributed by atoms with E-state index in [0.717, 1.165) is 0 Å². The molecule has 1 rings (SSSR count). The third kappa shape index (κ3) is 3.11. The lowest BCUT2D eigenvalue weighted by atomic mass is 10.2. The number of nitrogens with zero attached hydrogens (tertiary/aromatic N) is 1. The van der Waals surface area contributed by atoms with Crippen molar-refractivity contribution in [2.45, 2.75) is 13.0 Å². The quantitative estimate of drug-likeness (QED) is 0.850. The van der Waals surface area contributed by atoms with Gasteiger partial charge >= 0.3 is 6.36 Å². The summed E-state index contributed by atoms with van der Waals surface area (Å²) < 4.78 is 45.0. The van der Waals surface area contributed by atoms with Crippen LogP contribution in [0.1, 0.15) is 5.56 Å². The summed E-state index contributed by atoms with van der Waals surface area (Å²) in [4.78, 5) is 3.72. The number of ether oxygens (including phenoxy) is 2. The highest BCUT2D eigenvalue weighted by Gasteiger charge is 2.34. The number of hydrogen-bond donors (Lipinski definition) is 1. The highest BCUT2D eigenvalue weighted by molar-refractivity contribution is 14.1. The van der Waals surface area contributed by atoms with Gasteiger partial charge in [0.15, 0.2) is 5.75 Å². The highest BCUT2D eigenvalue weighted by Crippen LogP contribution is 2.34. The van der Waals surface area contributed by atoms with Gasteiger partial charge in [-0.15, -0.1) is 13.2 Å². The van der Waals surface area contributed by atoms with E-state index in [4.69, 9.17) is 9.84 Å². The molecule has 0 amide bonds. The van der Waals surface area contributed by atoms with Crippen LogP contribution in [0.2, 0.25) is 0 Å². The summed E-state index contributed by atoms with van der Waals surface area (Å²) in [5.74, 6) is -0.579. The van der Waals surface area contributed by atoms with E-state index in [0.29, 0.717) is 0 Å². The standard InChI is InChI=1S/C8H7F3INO3/c1-15-7-4(3-14)6(5(12)2-13-7)16-8(9,10)11/h2,14H,3H2,1H3. The third-order valence-corrected chi connectivity index (χ3v) is 2.38. The van der Waals surface area contributed by atoms with Crippen LogP contribution >= 0.6 is 22.6 Å². The van der Waals surface area contributed by atoms with Crippen molar-refractivity contribution in [2.75, 3.05) is 7.11 Å². The molecule has 1 aromatic heterocycles. The molecule has 8 heteroatoms. The van der Waals surface area contributed by atoms with Gasteiger partial charge in [0.1, 0.15) is 0 Å². The number of pyridine rings is 1. The van der Waals surface area contributed by atoms with Crippen molar-refractivity contribution < 1.29 is 27.8 Å². The van der Waals surface area contributed by atoms with Crippen LogP contribution in [0, 0.1) is 3.57 Å². The molecule has 0 spiro atoms. The van der Waals surface area contributed by atoms with Gasteiger partial charge in [-0.05, 0) is 22.6 Å². The molecule has 0 bridgehead atoms. The Kier molecular flexibility index (Phi) is 4.19. The smallest absolute Gasteiger partial charge is 0.481 e. The zero-order valence-corrected chi connectivity index (χ0v) is 10.2. The Bertz CT molecular complexity index is 384. The average Bonchev–Trinajstić information content (AvgIpc) is 2.19. The Hall–Kier alpha value is -0.770. The summed E-state index contributed by atoms with van der Waals surface area (Å²) in [6.45, 7) is -0.654. The maximum absolute atomic E-state index is 12.1. The normalized spacial score (nSPS) is 11.4. The van der Waals surface area contributed by atoms with Gasteiger partial charge in [0.25, 0.3) is 0 Å². The van der Waals surface area contributed by atoms with E-state index >= 15 is 0 Å². The Morgan fingerprint density at radius 1 is 1.50 bits per heavy atom. The Labute approximate surface area is 103 Å². The molecule has 0 aromatic carbocycles. The molecule has 0 saturated heterocycles. The molecule has 0 atom stereocenters. The molecule has 0 aliphatic heterocycles. The molecule has 0 saturated carbocycles.